The van der Waals surface area contributed by atoms with Gasteiger partial charge in [-0.3, -0.25) is 4.79 Å². The van der Waals surface area contributed by atoms with E-state index in [1.54, 1.807) is 0 Å². The second-order valence-electron chi connectivity index (χ2n) is 2.11. The van der Waals surface area contributed by atoms with Gasteiger partial charge in [0, 0.05) is 0 Å². The summed E-state index contributed by atoms with van der Waals surface area (Å²) in [5.41, 5.74) is 8.05. The topological polar surface area (TPSA) is 85.7 Å². The molecule has 0 aromatic carbocycles. The van der Waals surface area contributed by atoms with Crippen LogP contribution in [0.5, 0.6) is 0 Å². The summed E-state index contributed by atoms with van der Waals surface area (Å²) in [5, 5.41) is 6.42. The van der Waals surface area contributed by atoms with E-state index in [2.05, 4.69) is 15.2 Å². The van der Waals surface area contributed by atoms with Gasteiger partial charge in [-0.05, 0) is 7.05 Å². The molecule has 0 radical (unpaired) electrons. The van der Waals surface area contributed by atoms with Crippen molar-refractivity contribution in [1.29, 1.82) is 1.43 Å². The molecule has 0 rings (SSSR count). The van der Waals surface area contributed by atoms with Gasteiger partial charge in [0.05, 0.1) is 0 Å². The summed E-state index contributed by atoms with van der Waals surface area (Å²) >= 11 is 0. The number of nitrogens with one attached hydrogen (secondary N) is 1. The number of hydrogen-bond donors (Lipinski definition) is 2. The largest absolute Gasteiger partial charge is 0.388 e. The van der Waals surface area contributed by atoms with Crippen molar-refractivity contribution in [3.8, 4) is 0 Å². The van der Waals surface area contributed by atoms with Crippen molar-refractivity contribution in [1.82, 2.24) is 5.32 Å². The molecule has 0 aliphatic carbocycles. The summed E-state index contributed by atoms with van der Waals surface area (Å²) in [7, 11) is 1.41. The minimum Gasteiger partial charge on any atom is -0.388 e. The van der Waals surface area contributed by atoms with E-state index in [-0.39, 0.29) is 0 Å². The minimum absolute atomic E-state index is 0.628. The van der Waals surface area contributed by atoms with Gasteiger partial charge in [0.2, 0.25) is 1.43 Å². The standard InChI is InChI=1S/C6H10FN3O2/c1-9-6(4(11)2-7)5(12)3-10-8/h3-4,6,9,11H,2H2,1H3/t4-,6+/m1/s1/i11T. The molecule has 68 valence electrons. The summed E-state index contributed by atoms with van der Waals surface area (Å²) in [6.45, 7) is -0.972. The number of carbonyl (C=O) groups is 1. The van der Waals surface area contributed by atoms with Crippen LogP contribution in [0.4, 0.5) is 4.39 Å². The lowest BCUT2D eigenvalue weighted by molar-refractivity contribution is -0.120. The van der Waals surface area contributed by atoms with E-state index in [0.717, 1.165) is 0 Å². The van der Waals surface area contributed by atoms with Crippen molar-refractivity contribution >= 4 is 12.0 Å². The minimum atomic E-state index is -1.20. The Labute approximate surface area is 70.3 Å². The number of carbonyl (C=O) groups excluding carboxylic acids is 1. The molecule has 0 heterocycles. The molecule has 2 N–H and O–H groups in total. The molecule has 0 spiro atoms. The zero-order chi connectivity index (χ0) is 10.3. The monoisotopic (exact) mass is 177 g/mol. The van der Waals surface area contributed by atoms with Crippen LogP contribution in [0.15, 0.2) is 0 Å². The summed E-state index contributed by atoms with van der Waals surface area (Å²) in [6, 6.07) is -1.02. The number of alkyl halides is 1. The molecule has 0 amide bonds. The molecule has 5 nitrogen and oxygen atoms in total. The predicted molar refractivity (Wildman–Crippen MR) is 39.5 cm³/mol. The van der Waals surface area contributed by atoms with Gasteiger partial charge in [0.1, 0.15) is 18.8 Å². The molecule has 2 atom stereocenters. The SMILES string of the molecule is [3H]O[C@H](CF)[C@H](NC)C(=O)C=[N+]=[N-]. The van der Waals surface area contributed by atoms with E-state index in [0.29, 0.717) is 6.21 Å². The zero-order valence-corrected chi connectivity index (χ0v) is 6.53. The number of halogens is 1. The Kier molecular flexibility index (Phi) is 4.15. The lowest BCUT2D eigenvalue weighted by Gasteiger charge is -2.14. The quantitative estimate of drug-likeness (QED) is 0.303. The first-order valence-corrected chi connectivity index (χ1v) is 3.27. The number of hydrogen-bond acceptors (Lipinski definition) is 3. The zero-order valence-electron chi connectivity index (χ0n) is 7.53. The van der Waals surface area contributed by atoms with Gasteiger partial charge < -0.3 is 16.0 Å². The Morgan fingerprint density at radius 1 is 2.08 bits per heavy atom. The molecule has 0 unspecified atom stereocenters. The third-order valence-corrected chi connectivity index (χ3v) is 1.33. The molecule has 0 saturated carbocycles. The van der Waals surface area contributed by atoms with Crippen molar-refractivity contribution in [2.75, 3.05) is 13.7 Å². The average Bonchev–Trinajstić information content (AvgIpc) is 2.14. The summed E-state index contributed by atoms with van der Waals surface area (Å²) in [5.74, 6) is -0.653. The molecular weight excluding hydrogens is 165 g/mol. The first-order valence-electron chi connectivity index (χ1n) is 3.68. The van der Waals surface area contributed by atoms with Crippen LogP contribution >= 0.6 is 0 Å². The second kappa shape index (κ2) is 5.54. The van der Waals surface area contributed by atoms with Crippen molar-refractivity contribution in [2.24, 2.45) is 0 Å². The van der Waals surface area contributed by atoms with E-state index < -0.39 is 24.6 Å². The Morgan fingerprint density at radius 2 is 2.75 bits per heavy atom. The molecule has 12 heavy (non-hydrogen) atoms. The van der Waals surface area contributed by atoms with Crippen LogP contribution in [0.25, 0.3) is 5.53 Å². The molecule has 0 bridgehead atoms. The summed E-state index contributed by atoms with van der Waals surface area (Å²) in [4.78, 5) is 13.5. The normalized spacial score (nSPS) is 15.7. The summed E-state index contributed by atoms with van der Waals surface area (Å²) in [6.07, 6.45) is -0.571. The number of likely N-dealkylation sites (N-methyl/N-ethyl adjacent to an activating group) is 1. The van der Waals surface area contributed by atoms with Crippen molar-refractivity contribution in [3.63, 3.8) is 0 Å². The highest BCUT2D eigenvalue weighted by Gasteiger charge is 2.25. The number of nitrogens with zero attached hydrogens (tertiary/aromatic N) is 2. The van der Waals surface area contributed by atoms with Gasteiger partial charge in [-0.15, -0.1) is 0 Å². The Morgan fingerprint density at radius 3 is 3.08 bits per heavy atom. The fourth-order valence-corrected chi connectivity index (χ4v) is 0.738. The third-order valence-electron chi connectivity index (χ3n) is 1.33. The van der Waals surface area contributed by atoms with Gasteiger partial charge in [0.15, 0.2) is 0 Å². The van der Waals surface area contributed by atoms with Gasteiger partial charge in [-0.1, -0.05) is 0 Å². The number of ketones is 1. The molecule has 0 aromatic heterocycles. The first-order chi connectivity index (χ1) is 6.21. The highest BCUT2D eigenvalue weighted by molar-refractivity contribution is 6.27. The maximum Gasteiger partial charge on any atom is 0.324 e. The molecular formula is C6H10FN3O2. The fourth-order valence-electron chi connectivity index (χ4n) is 0.738. The van der Waals surface area contributed by atoms with Crippen LogP contribution in [0.2, 0.25) is 0 Å². The van der Waals surface area contributed by atoms with Gasteiger partial charge in [-0.25, -0.2) is 4.39 Å². The van der Waals surface area contributed by atoms with E-state index in [4.69, 9.17) is 6.96 Å². The van der Waals surface area contributed by atoms with E-state index in [1.165, 1.54) is 7.05 Å². The first kappa shape index (κ1) is 8.99. The highest BCUT2D eigenvalue weighted by Crippen LogP contribution is 1.94. The Bertz CT molecular complexity index is 216. The van der Waals surface area contributed by atoms with Gasteiger partial charge >= 0.3 is 6.21 Å². The second-order valence-corrected chi connectivity index (χ2v) is 2.11. The van der Waals surface area contributed by atoms with Crippen molar-refractivity contribution in [2.45, 2.75) is 12.1 Å². The smallest absolute Gasteiger partial charge is 0.324 e. The van der Waals surface area contributed by atoms with E-state index >= 15 is 0 Å². The molecule has 0 aliphatic rings. The van der Waals surface area contributed by atoms with Crippen LogP contribution < -0.4 is 5.32 Å². The van der Waals surface area contributed by atoms with Crippen molar-refractivity contribution in [3.05, 3.63) is 5.53 Å². The number of aliphatic hydroxyl groups excluding tert-OH is 1. The molecule has 0 fully saturated rings. The number of aliphatic hydroxyl groups is 1. The maximum absolute atomic E-state index is 12.2. The Hall–Kier alpha value is -1.10. The average molecular weight is 177 g/mol. The van der Waals surface area contributed by atoms with E-state index in [9.17, 15) is 9.18 Å². The van der Waals surface area contributed by atoms with Crippen molar-refractivity contribution < 1.29 is 19.1 Å². The predicted octanol–water partition coefficient (Wildman–Crippen LogP) is -1.23. The van der Waals surface area contributed by atoms with Crippen LogP contribution in [0, 0.1) is 0 Å². The number of rotatable bonds is 6. The van der Waals surface area contributed by atoms with Crippen LogP contribution in [-0.4, -0.2) is 49.2 Å². The highest BCUT2D eigenvalue weighted by atomic mass is 19.1. The fraction of sp³-hybridized carbons (Fsp3) is 0.667. The molecule has 6 heteroatoms. The summed E-state index contributed by atoms with van der Waals surface area (Å²) < 4.78 is 18.6. The number of Topliss-reactive ketones (excluding diaryl/α,β-unsaturated/α-hetero) is 1. The molecule has 0 saturated heterocycles. The molecule has 0 aliphatic heterocycles. The van der Waals surface area contributed by atoms with E-state index in [1.807, 2.05) is 0 Å². The van der Waals surface area contributed by atoms with Gasteiger partial charge in [-0.2, -0.15) is 4.79 Å². The lowest BCUT2D eigenvalue weighted by Crippen LogP contribution is -2.46. The Balaban J connectivity index is 4.46. The van der Waals surface area contributed by atoms with Crippen LogP contribution in [0.1, 0.15) is 0 Å². The maximum atomic E-state index is 12.2. The molecule has 0 aromatic rings. The van der Waals surface area contributed by atoms with Crippen LogP contribution in [-0.2, 0) is 4.79 Å². The lowest BCUT2D eigenvalue weighted by atomic mass is 10.1. The van der Waals surface area contributed by atoms with Gasteiger partial charge in [0.25, 0.3) is 5.78 Å². The van der Waals surface area contributed by atoms with Crippen LogP contribution in [0.3, 0.4) is 0 Å². The third kappa shape index (κ3) is 2.87.